The Morgan fingerprint density at radius 2 is 1.32 bits per heavy atom. The Bertz CT molecular complexity index is 3270. The zero-order chi connectivity index (χ0) is 41.7. The van der Waals surface area contributed by atoms with Crippen molar-refractivity contribution >= 4 is 27.3 Å². The maximum absolute atomic E-state index is 5.91. The molecule has 0 saturated heterocycles. The van der Waals surface area contributed by atoms with Crippen molar-refractivity contribution in [2.45, 2.75) is 63.7 Å². The van der Waals surface area contributed by atoms with Crippen LogP contribution < -0.4 is 0 Å². The predicted molar refractivity (Wildman–Crippen MR) is 244 cm³/mol. The van der Waals surface area contributed by atoms with E-state index in [1.165, 1.54) is 27.7 Å². The Morgan fingerprint density at radius 3 is 2.02 bits per heavy atom. The van der Waals surface area contributed by atoms with Crippen LogP contribution in [0.25, 0.3) is 38.7 Å². The summed E-state index contributed by atoms with van der Waals surface area (Å²) in [6.45, 7) is 14.1. The van der Waals surface area contributed by atoms with Crippen LogP contribution in [0.5, 0.6) is 0 Å². The van der Waals surface area contributed by atoms with Gasteiger partial charge in [0, 0.05) is 63.6 Å². The number of rotatable bonds is 8. The van der Waals surface area contributed by atoms with Crippen LogP contribution in [0.1, 0.15) is 91.4 Å². The molecule has 11 rings (SSSR count). The van der Waals surface area contributed by atoms with Crippen LogP contribution in [0, 0.1) is 25.1 Å². The zero-order valence-electron chi connectivity index (χ0n) is 35.6. The summed E-state index contributed by atoms with van der Waals surface area (Å²) in [5, 5.41) is 3.32. The van der Waals surface area contributed by atoms with Gasteiger partial charge in [-0.1, -0.05) is 92.6 Å². The first-order chi connectivity index (χ1) is 29.6. The SMILES string of the molecule is Cc1ccc2c3c1c1ccc(C(C)(c4[c-]cccc4)c4nccn4-c4ccccc4)[c-]c1c1nc([C@@H](c4[c-]cccc4)c4nccn4-c4ccccc4)c(n13)C(C)(C)C2(C)C.[Ir+3]. The third-order valence-electron chi connectivity index (χ3n) is 14.0. The van der Waals surface area contributed by atoms with Crippen LogP contribution in [0.2, 0.25) is 0 Å². The van der Waals surface area contributed by atoms with Gasteiger partial charge in [0.2, 0.25) is 0 Å². The van der Waals surface area contributed by atoms with Gasteiger partial charge < -0.3 is 13.5 Å². The molecule has 0 bridgehead atoms. The van der Waals surface area contributed by atoms with Crippen LogP contribution in [0.3, 0.4) is 0 Å². The van der Waals surface area contributed by atoms with Gasteiger partial charge in [-0.05, 0) is 49.1 Å². The molecule has 6 nitrogen and oxygen atoms in total. The van der Waals surface area contributed by atoms with Crippen molar-refractivity contribution in [3.8, 4) is 11.4 Å². The molecule has 2 atom stereocenters. The molecule has 0 amide bonds. The summed E-state index contributed by atoms with van der Waals surface area (Å²) < 4.78 is 6.88. The number of para-hydroxylation sites is 2. The fourth-order valence-corrected chi connectivity index (χ4v) is 10.1. The molecule has 7 heteroatoms. The maximum Gasteiger partial charge on any atom is 3.00 e. The molecule has 0 fully saturated rings. The summed E-state index contributed by atoms with van der Waals surface area (Å²) in [6, 6.07) is 58.0. The number of nitrogens with zero attached hydrogens (tertiary/aromatic N) is 6. The number of benzene rings is 6. The third kappa shape index (κ3) is 5.61. The molecule has 304 valence electrons. The second-order valence-electron chi connectivity index (χ2n) is 17.7. The average molecular weight is 982 g/mol. The molecule has 0 saturated carbocycles. The quantitative estimate of drug-likeness (QED) is 0.113. The van der Waals surface area contributed by atoms with Gasteiger partial charge in [0.05, 0.1) is 17.3 Å². The van der Waals surface area contributed by atoms with Crippen LogP contribution in [-0.2, 0) is 36.4 Å². The number of aryl methyl sites for hydroxylation is 1. The number of aromatic nitrogens is 6. The molecule has 0 N–H and O–H groups in total. The van der Waals surface area contributed by atoms with E-state index in [-0.39, 0.29) is 36.9 Å². The van der Waals surface area contributed by atoms with Gasteiger partial charge in [-0.3, -0.25) is 4.98 Å². The van der Waals surface area contributed by atoms with Gasteiger partial charge in [-0.2, -0.15) is 60.7 Å². The van der Waals surface area contributed by atoms with Crippen molar-refractivity contribution in [2.75, 3.05) is 0 Å². The average Bonchev–Trinajstić information content (AvgIpc) is 4.08. The fraction of sp³-hybridized carbons (Fsp3) is 0.182. The van der Waals surface area contributed by atoms with Gasteiger partial charge in [0.15, 0.2) is 0 Å². The van der Waals surface area contributed by atoms with Gasteiger partial charge in [0.1, 0.15) is 11.6 Å². The van der Waals surface area contributed by atoms with Crippen molar-refractivity contribution in [1.82, 2.24) is 28.5 Å². The standard InChI is InChI=1S/C55H45N6.Ir/c1-36-27-30-44-48-45(36)42-29-28-39(55(6,38-21-13-8-14-22-38)52-57-32-34-60(52)41-25-17-10-18-26-41)35-43(42)50-58-47(49(61(48)50)54(4,5)53(44,2)3)46(37-19-11-7-12-20-37)51-56-31-33-59(51)40-23-15-9-16-24-40;/h7-19,21,23-34,46H,1-6H3;/q-3;+3/t46-,55?;/m1./s1. The minimum Gasteiger partial charge on any atom is -0.336 e. The fourth-order valence-electron chi connectivity index (χ4n) is 10.1. The first kappa shape index (κ1) is 39.7. The molecule has 1 aliphatic heterocycles. The second-order valence-corrected chi connectivity index (χ2v) is 17.7. The molecule has 6 aromatic carbocycles. The number of hydrogen-bond acceptors (Lipinski definition) is 3. The molecule has 10 aromatic rings. The van der Waals surface area contributed by atoms with Gasteiger partial charge in [0.25, 0.3) is 0 Å². The smallest absolute Gasteiger partial charge is 0.336 e. The van der Waals surface area contributed by atoms with E-state index in [1.54, 1.807) is 0 Å². The van der Waals surface area contributed by atoms with E-state index in [0.29, 0.717) is 0 Å². The minimum atomic E-state index is -0.740. The largest absolute Gasteiger partial charge is 3.00 e. The molecular formula is C55H45IrN6. The molecular weight excluding hydrogens is 937 g/mol. The molecule has 5 heterocycles. The first-order valence-corrected chi connectivity index (χ1v) is 21.1. The summed E-state index contributed by atoms with van der Waals surface area (Å²) in [5.41, 5.74) is 10.5. The van der Waals surface area contributed by atoms with Gasteiger partial charge in [-0.15, -0.1) is 34.9 Å². The predicted octanol–water partition coefficient (Wildman–Crippen LogP) is 11.8. The van der Waals surface area contributed by atoms with E-state index >= 15 is 0 Å². The van der Waals surface area contributed by atoms with E-state index in [1.807, 2.05) is 48.9 Å². The Kier molecular flexibility index (Phi) is 9.36. The second kappa shape index (κ2) is 14.6. The Morgan fingerprint density at radius 1 is 0.661 bits per heavy atom. The number of pyridine rings is 1. The molecule has 4 aromatic heterocycles. The minimum absolute atomic E-state index is 0. The Hall–Kier alpha value is -6.40. The van der Waals surface area contributed by atoms with Gasteiger partial charge >= 0.3 is 20.1 Å². The number of fused-ring (bicyclic) bond motifs is 3. The van der Waals surface area contributed by atoms with Crippen LogP contribution in [0.4, 0.5) is 0 Å². The molecule has 0 spiro atoms. The first-order valence-electron chi connectivity index (χ1n) is 21.1. The molecule has 1 unspecified atom stereocenters. The van der Waals surface area contributed by atoms with E-state index in [2.05, 4.69) is 183 Å². The summed E-state index contributed by atoms with van der Waals surface area (Å²) in [4.78, 5) is 16.2. The van der Waals surface area contributed by atoms with Crippen LogP contribution in [0.15, 0.2) is 158 Å². The van der Waals surface area contributed by atoms with E-state index in [9.17, 15) is 0 Å². The monoisotopic (exact) mass is 982 g/mol. The normalized spacial score (nSPS) is 15.5. The topological polar surface area (TPSA) is 52.9 Å². The van der Waals surface area contributed by atoms with Crippen LogP contribution in [-0.4, -0.2) is 28.5 Å². The number of hydrogen-bond donors (Lipinski definition) is 0. The Labute approximate surface area is 376 Å². The van der Waals surface area contributed by atoms with E-state index in [4.69, 9.17) is 15.0 Å². The third-order valence-corrected chi connectivity index (χ3v) is 14.0. The maximum atomic E-state index is 5.91. The van der Waals surface area contributed by atoms with E-state index in [0.717, 1.165) is 61.8 Å². The van der Waals surface area contributed by atoms with Crippen molar-refractivity contribution in [3.05, 3.63) is 227 Å². The summed E-state index contributed by atoms with van der Waals surface area (Å²) in [5.74, 6) is 1.44. The van der Waals surface area contributed by atoms with Crippen molar-refractivity contribution in [1.29, 1.82) is 0 Å². The van der Waals surface area contributed by atoms with Crippen LogP contribution >= 0.6 is 0 Å². The van der Waals surface area contributed by atoms with Crippen molar-refractivity contribution in [2.24, 2.45) is 0 Å². The molecule has 62 heavy (non-hydrogen) atoms. The Balaban J connectivity index is 0.00000458. The summed E-state index contributed by atoms with van der Waals surface area (Å²) in [6.07, 6.45) is 7.91. The summed E-state index contributed by atoms with van der Waals surface area (Å²) in [7, 11) is 0. The molecule has 0 radical (unpaired) electrons. The van der Waals surface area contributed by atoms with Gasteiger partial charge in [-0.25, -0.2) is 9.97 Å². The molecule has 1 aliphatic rings. The zero-order valence-corrected chi connectivity index (χ0v) is 38.0. The van der Waals surface area contributed by atoms with E-state index < -0.39 is 5.41 Å². The molecule has 0 aliphatic carbocycles. The van der Waals surface area contributed by atoms with Crippen molar-refractivity contribution < 1.29 is 20.1 Å². The van der Waals surface area contributed by atoms with Crippen molar-refractivity contribution in [3.63, 3.8) is 0 Å². The summed E-state index contributed by atoms with van der Waals surface area (Å²) >= 11 is 0. The number of imidazole rings is 3.